The quantitative estimate of drug-likeness (QED) is 0.405. The SMILES string of the molecule is CCc1c2ccc(C(=O)N[C@@H](CC(=O)OC)c3ccc(S(=O)(=O)CC)cc3)cc2cn1C(=O)OC(C)(C)C. The summed E-state index contributed by atoms with van der Waals surface area (Å²) < 4.78 is 36.1. The van der Waals surface area contributed by atoms with Crippen LogP contribution >= 0.6 is 0 Å². The number of ether oxygens (including phenoxy) is 2. The van der Waals surface area contributed by atoms with Crippen LogP contribution in [0.15, 0.2) is 53.6 Å². The number of carbonyl (C=O) groups excluding carboxylic acids is 3. The number of aromatic nitrogens is 1. The minimum Gasteiger partial charge on any atom is -0.469 e. The van der Waals surface area contributed by atoms with Crippen molar-refractivity contribution in [3.05, 3.63) is 65.5 Å². The van der Waals surface area contributed by atoms with Crippen molar-refractivity contribution >= 4 is 38.6 Å². The highest BCUT2D eigenvalue weighted by Crippen LogP contribution is 2.26. The molecule has 0 aliphatic heterocycles. The van der Waals surface area contributed by atoms with Crippen molar-refractivity contribution in [1.82, 2.24) is 9.88 Å². The van der Waals surface area contributed by atoms with E-state index in [1.54, 1.807) is 64.2 Å². The fourth-order valence-corrected chi connectivity index (χ4v) is 4.96. The molecule has 0 unspecified atom stereocenters. The van der Waals surface area contributed by atoms with E-state index in [0.717, 1.165) is 11.1 Å². The molecule has 1 aromatic heterocycles. The minimum atomic E-state index is -3.39. The molecule has 3 aromatic rings. The lowest BCUT2D eigenvalue weighted by atomic mass is 10.0. The standard InChI is InChI=1S/C28H34N2O7S/c1-7-24-22-14-11-19(15-20(22)17-30(24)27(33)37-28(3,4)5)26(32)29-23(16-25(31)36-6)18-9-12-21(13-10-18)38(34,35)8-2/h9-15,17,23H,7-8,16H2,1-6H3,(H,29,32)/t23-/m0/s1. The maximum atomic E-state index is 13.2. The zero-order valence-corrected chi connectivity index (χ0v) is 23.3. The molecule has 9 nitrogen and oxygen atoms in total. The highest BCUT2D eigenvalue weighted by atomic mass is 32.2. The van der Waals surface area contributed by atoms with Gasteiger partial charge in [0.05, 0.1) is 30.2 Å². The van der Waals surface area contributed by atoms with Crippen LogP contribution in [0.25, 0.3) is 10.8 Å². The lowest BCUT2D eigenvalue weighted by Crippen LogP contribution is -2.30. The molecule has 0 saturated heterocycles. The fourth-order valence-electron chi connectivity index (χ4n) is 4.07. The summed E-state index contributed by atoms with van der Waals surface area (Å²) in [5, 5.41) is 4.37. The molecular formula is C28H34N2O7S. The van der Waals surface area contributed by atoms with Gasteiger partial charge in [0, 0.05) is 28.2 Å². The van der Waals surface area contributed by atoms with Crippen LogP contribution in [0.4, 0.5) is 4.79 Å². The van der Waals surface area contributed by atoms with Gasteiger partial charge in [0.1, 0.15) is 5.60 Å². The number of fused-ring (bicyclic) bond motifs is 1. The van der Waals surface area contributed by atoms with Gasteiger partial charge in [0.25, 0.3) is 5.91 Å². The molecule has 0 aliphatic rings. The van der Waals surface area contributed by atoms with Gasteiger partial charge in [-0.15, -0.1) is 0 Å². The molecule has 2 aromatic carbocycles. The van der Waals surface area contributed by atoms with Crippen molar-refractivity contribution in [2.75, 3.05) is 12.9 Å². The maximum absolute atomic E-state index is 13.2. The van der Waals surface area contributed by atoms with E-state index in [4.69, 9.17) is 9.47 Å². The van der Waals surface area contributed by atoms with E-state index in [-0.39, 0.29) is 17.1 Å². The maximum Gasteiger partial charge on any atom is 0.418 e. The zero-order valence-electron chi connectivity index (χ0n) is 22.5. The molecule has 0 radical (unpaired) electrons. The first-order chi connectivity index (χ1) is 17.8. The summed E-state index contributed by atoms with van der Waals surface area (Å²) in [5.41, 5.74) is 1.01. The Morgan fingerprint density at radius 1 is 1.03 bits per heavy atom. The second-order valence-corrected chi connectivity index (χ2v) is 12.1. The van der Waals surface area contributed by atoms with Gasteiger partial charge < -0.3 is 14.8 Å². The number of hydrogen-bond acceptors (Lipinski definition) is 7. The Balaban J connectivity index is 1.92. The molecule has 3 rings (SSSR count). The third-order valence-electron chi connectivity index (χ3n) is 6.03. The molecule has 0 spiro atoms. The number of rotatable bonds is 8. The number of amides is 1. The first kappa shape index (κ1) is 28.9. The summed E-state index contributed by atoms with van der Waals surface area (Å²) in [6.07, 6.45) is 1.60. The van der Waals surface area contributed by atoms with Gasteiger partial charge in [-0.1, -0.05) is 32.0 Å². The lowest BCUT2D eigenvalue weighted by Gasteiger charge is -2.20. The number of methoxy groups -OCH3 is 1. The van der Waals surface area contributed by atoms with Gasteiger partial charge in [-0.2, -0.15) is 0 Å². The minimum absolute atomic E-state index is 0.0352. The van der Waals surface area contributed by atoms with Crippen molar-refractivity contribution in [2.45, 2.75) is 64.0 Å². The number of benzene rings is 2. The Hall–Kier alpha value is -3.66. The summed E-state index contributed by atoms with van der Waals surface area (Å²) in [6.45, 7) is 8.88. The van der Waals surface area contributed by atoms with Crippen LogP contribution in [0.2, 0.25) is 0 Å². The number of nitrogens with one attached hydrogen (secondary N) is 1. The number of esters is 1. The van der Waals surface area contributed by atoms with Crippen LogP contribution in [0.3, 0.4) is 0 Å². The van der Waals surface area contributed by atoms with Gasteiger partial charge in [-0.05, 0) is 57.0 Å². The van der Waals surface area contributed by atoms with Crippen LogP contribution in [-0.2, 0) is 30.5 Å². The van der Waals surface area contributed by atoms with E-state index in [2.05, 4.69) is 5.32 Å². The van der Waals surface area contributed by atoms with Crippen molar-refractivity contribution in [3.63, 3.8) is 0 Å². The number of nitrogens with zero attached hydrogens (tertiary/aromatic N) is 1. The molecule has 38 heavy (non-hydrogen) atoms. The predicted molar refractivity (Wildman–Crippen MR) is 144 cm³/mol. The Morgan fingerprint density at radius 2 is 1.68 bits per heavy atom. The van der Waals surface area contributed by atoms with E-state index in [0.29, 0.717) is 22.9 Å². The Kier molecular flexibility index (Phi) is 8.66. The zero-order chi connectivity index (χ0) is 28.3. The molecule has 204 valence electrons. The van der Waals surface area contributed by atoms with Crippen LogP contribution < -0.4 is 5.32 Å². The van der Waals surface area contributed by atoms with Gasteiger partial charge in [0.2, 0.25) is 0 Å². The van der Waals surface area contributed by atoms with Gasteiger partial charge in [-0.3, -0.25) is 14.2 Å². The first-order valence-electron chi connectivity index (χ1n) is 12.4. The highest BCUT2D eigenvalue weighted by molar-refractivity contribution is 7.91. The fraction of sp³-hybridized carbons (Fsp3) is 0.393. The summed E-state index contributed by atoms with van der Waals surface area (Å²) in [6, 6.07) is 10.4. The molecule has 1 N–H and O–H groups in total. The number of carbonyl (C=O) groups is 3. The molecular weight excluding hydrogens is 508 g/mol. The Labute approximate surface area is 223 Å². The summed E-state index contributed by atoms with van der Waals surface area (Å²) >= 11 is 0. The van der Waals surface area contributed by atoms with Crippen molar-refractivity contribution < 1.29 is 32.3 Å². The molecule has 10 heteroatoms. The average molecular weight is 543 g/mol. The Bertz CT molecular complexity index is 1450. The molecule has 1 atom stereocenters. The van der Waals surface area contributed by atoms with E-state index >= 15 is 0 Å². The van der Waals surface area contributed by atoms with E-state index in [9.17, 15) is 22.8 Å². The van der Waals surface area contributed by atoms with Crippen molar-refractivity contribution in [3.8, 4) is 0 Å². The molecule has 1 heterocycles. The largest absolute Gasteiger partial charge is 0.469 e. The Morgan fingerprint density at radius 3 is 2.24 bits per heavy atom. The molecule has 1 amide bonds. The molecule has 0 aliphatic carbocycles. The normalized spacial score (nSPS) is 12.7. The monoisotopic (exact) mass is 542 g/mol. The number of hydrogen-bond donors (Lipinski definition) is 1. The van der Waals surface area contributed by atoms with Crippen molar-refractivity contribution in [1.29, 1.82) is 0 Å². The summed E-state index contributed by atoms with van der Waals surface area (Å²) in [4.78, 5) is 38.2. The molecule has 0 bridgehead atoms. The van der Waals surface area contributed by atoms with E-state index < -0.39 is 39.4 Å². The second-order valence-electron chi connectivity index (χ2n) is 9.86. The van der Waals surface area contributed by atoms with Gasteiger partial charge in [0.15, 0.2) is 9.84 Å². The number of sulfone groups is 1. The lowest BCUT2D eigenvalue weighted by molar-refractivity contribution is -0.141. The first-order valence-corrected chi connectivity index (χ1v) is 14.0. The number of aryl methyl sites for hydroxylation is 1. The smallest absolute Gasteiger partial charge is 0.418 e. The average Bonchev–Trinajstić information content (AvgIpc) is 3.25. The third-order valence-corrected chi connectivity index (χ3v) is 7.78. The van der Waals surface area contributed by atoms with E-state index in [1.807, 2.05) is 6.92 Å². The summed E-state index contributed by atoms with van der Waals surface area (Å²) in [5.74, 6) is -1.00. The highest BCUT2D eigenvalue weighted by Gasteiger charge is 2.23. The summed E-state index contributed by atoms with van der Waals surface area (Å²) in [7, 11) is -2.13. The van der Waals surface area contributed by atoms with E-state index in [1.165, 1.54) is 23.8 Å². The van der Waals surface area contributed by atoms with Crippen LogP contribution in [0.5, 0.6) is 0 Å². The molecule has 0 saturated carbocycles. The topological polar surface area (TPSA) is 121 Å². The third kappa shape index (κ3) is 6.61. The van der Waals surface area contributed by atoms with Crippen molar-refractivity contribution in [2.24, 2.45) is 0 Å². The van der Waals surface area contributed by atoms with Crippen LogP contribution in [0.1, 0.15) is 68.7 Å². The second kappa shape index (κ2) is 11.4. The van der Waals surface area contributed by atoms with Crippen LogP contribution in [-0.4, -0.2) is 49.4 Å². The predicted octanol–water partition coefficient (Wildman–Crippen LogP) is 4.81. The van der Waals surface area contributed by atoms with Gasteiger partial charge >= 0.3 is 12.1 Å². The van der Waals surface area contributed by atoms with Crippen LogP contribution in [0, 0.1) is 0 Å². The van der Waals surface area contributed by atoms with Gasteiger partial charge in [-0.25, -0.2) is 13.2 Å². The molecule has 0 fully saturated rings.